The van der Waals surface area contributed by atoms with Gasteiger partial charge in [0.15, 0.2) is 4.34 Å². The van der Waals surface area contributed by atoms with Crippen LogP contribution in [-0.2, 0) is 0 Å². The number of benzene rings is 2. The lowest BCUT2D eigenvalue weighted by Gasteiger charge is -2.03. The normalized spacial score (nSPS) is 10.3. The fraction of sp³-hybridized carbons (Fsp3) is 0.235. The quantitative estimate of drug-likeness (QED) is 0.619. The zero-order valence-electron chi connectivity index (χ0n) is 12.8. The summed E-state index contributed by atoms with van der Waals surface area (Å²) in [7, 11) is 0. The fourth-order valence-electron chi connectivity index (χ4n) is 1.94. The van der Waals surface area contributed by atoms with E-state index in [0.717, 1.165) is 15.5 Å². The second kappa shape index (κ2) is 6.96. The summed E-state index contributed by atoms with van der Waals surface area (Å²) in [5, 5.41) is 0. The lowest BCUT2D eigenvalue weighted by molar-refractivity contribution is 1.26. The summed E-state index contributed by atoms with van der Waals surface area (Å²) in [5.74, 6) is 0. The van der Waals surface area contributed by atoms with Crippen molar-refractivity contribution < 1.29 is 0 Å². The van der Waals surface area contributed by atoms with E-state index in [4.69, 9.17) is 5.73 Å². The summed E-state index contributed by atoms with van der Waals surface area (Å²) in [4.78, 5) is 5.90. The molecule has 1 aromatic heterocycles. The van der Waals surface area contributed by atoms with Gasteiger partial charge in [-0.15, -0.1) is 11.3 Å². The van der Waals surface area contributed by atoms with Gasteiger partial charge in [0.25, 0.3) is 0 Å². The summed E-state index contributed by atoms with van der Waals surface area (Å²) >= 11 is 3.44. The van der Waals surface area contributed by atoms with Gasteiger partial charge >= 0.3 is 0 Å². The van der Waals surface area contributed by atoms with Gasteiger partial charge in [-0.25, -0.2) is 4.98 Å². The van der Waals surface area contributed by atoms with E-state index >= 15 is 0 Å². The van der Waals surface area contributed by atoms with Gasteiger partial charge in [0.2, 0.25) is 0 Å². The van der Waals surface area contributed by atoms with Crippen molar-refractivity contribution in [2.24, 2.45) is 0 Å². The molecule has 110 valence electrons. The van der Waals surface area contributed by atoms with Gasteiger partial charge < -0.3 is 5.73 Å². The number of rotatable bonds is 2. The Hall–Kier alpha value is -1.52. The number of nitrogen functional groups attached to an aromatic ring is 1. The van der Waals surface area contributed by atoms with Crippen molar-refractivity contribution in [3.8, 4) is 0 Å². The van der Waals surface area contributed by atoms with Gasteiger partial charge in [-0.3, -0.25) is 0 Å². The Morgan fingerprint density at radius 1 is 1.05 bits per heavy atom. The highest BCUT2D eigenvalue weighted by atomic mass is 32.2. The number of fused-ring (bicyclic) bond motifs is 1. The second-order valence-electron chi connectivity index (χ2n) is 4.58. The molecule has 0 radical (unpaired) electrons. The molecule has 4 heteroatoms. The lowest BCUT2D eigenvalue weighted by Crippen LogP contribution is -1.86. The van der Waals surface area contributed by atoms with E-state index in [9.17, 15) is 0 Å². The van der Waals surface area contributed by atoms with Crippen molar-refractivity contribution in [2.45, 2.75) is 36.9 Å². The number of hydrogen-bond donors (Lipinski definition) is 1. The Kier molecular flexibility index (Phi) is 5.26. The molecule has 3 aromatic rings. The molecule has 0 atom stereocenters. The van der Waals surface area contributed by atoms with E-state index in [1.54, 1.807) is 23.1 Å². The lowest BCUT2D eigenvalue weighted by atomic mass is 10.2. The first-order chi connectivity index (χ1) is 10.1. The molecule has 0 fully saturated rings. The van der Waals surface area contributed by atoms with Crippen LogP contribution >= 0.6 is 23.1 Å². The minimum absolute atomic E-state index is 0.807. The molecular formula is C17H20N2S2. The molecule has 3 rings (SSSR count). The molecule has 0 aliphatic carbocycles. The van der Waals surface area contributed by atoms with E-state index in [-0.39, 0.29) is 0 Å². The van der Waals surface area contributed by atoms with Gasteiger partial charge in [-0.2, -0.15) is 0 Å². The summed E-state index contributed by atoms with van der Waals surface area (Å²) in [5.41, 5.74) is 10.1. The Bertz CT molecular complexity index is 748. The highest BCUT2D eigenvalue weighted by Crippen LogP contribution is 2.36. The number of aryl methyl sites for hydroxylation is 2. The van der Waals surface area contributed by atoms with Crippen molar-refractivity contribution in [2.75, 3.05) is 5.73 Å². The Morgan fingerprint density at radius 2 is 1.81 bits per heavy atom. The monoisotopic (exact) mass is 316 g/mol. The third-order valence-electron chi connectivity index (χ3n) is 2.92. The van der Waals surface area contributed by atoms with Crippen LogP contribution in [0.1, 0.15) is 25.0 Å². The highest BCUT2D eigenvalue weighted by Gasteiger charge is 2.07. The van der Waals surface area contributed by atoms with Gasteiger partial charge in [-0.1, -0.05) is 31.7 Å². The first-order valence-corrected chi connectivity index (χ1v) is 8.66. The smallest absolute Gasteiger partial charge is 0.155 e. The van der Waals surface area contributed by atoms with Crippen molar-refractivity contribution in [1.82, 2.24) is 4.98 Å². The van der Waals surface area contributed by atoms with Crippen LogP contribution in [0.2, 0.25) is 0 Å². The minimum Gasteiger partial charge on any atom is -0.399 e. The SMILES string of the molecule is CC.Cc1ccc2sc(Sc3ccc(N)cc3C)nc2c1. The maximum absolute atomic E-state index is 5.78. The fourth-order valence-corrected chi connectivity index (χ4v) is 4.01. The summed E-state index contributed by atoms with van der Waals surface area (Å²) in [6.07, 6.45) is 0. The van der Waals surface area contributed by atoms with E-state index in [1.165, 1.54) is 20.7 Å². The van der Waals surface area contributed by atoms with Crippen molar-refractivity contribution in [3.05, 3.63) is 47.5 Å². The van der Waals surface area contributed by atoms with E-state index in [2.05, 4.69) is 43.1 Å². The van der Waals surface area contributed by atoms with Crippen molar-refractivity contribution in [1.29, 1.82) is 0 Å². The number of hydrogen-bond acceptors (Lipinski definition) is 4. The molecule has 0 saturated carbocycles. The maximum atomic E-state index is 5.78. The Labute approximate surface area is 134 Å². The second-order valence-corrected chi connectivity index (χ2v) is 6.90. The van der Waals surface area contributed by atoms with E-state index < -0.39 is 0 Å². The van der Waals surface area contributed by atoms with Crippen LogP contribution in [0.3, 0.4) is 0 Å². The van der Waals surface area contributed by atoms with Crippen LogP contribution in [0.25, 0.3) is 10.2 Å². The maximum Gasteiger partial charge on any atom is 0.155 e. The molecule has 2 aromatic carbocycles. The standard InChI is InChI=1S/C15H14N2S2.C2H6/c1-9-3-5-14-12(7-9)17-15(19-14)18-13-6-4-11(16)8-10(13)2;1-2/h3-8H,16H2,1-2H3;1-2H3. The third-order valence-corrected chi connectivity index (χ3v) is 5.19. The summed E-state index contributed by atoms with van der Waals surface area (Å²) in [6, 6.07) is 12.4. The van der Waals surface area contributed by atoms with Crippen LogP contribution in [0.4, 0.5) is 5.69 Å². The summed E-state index contributed by atoms with van der Waals surface area (Å²) in [6.45, 7) is 8.17. The first kappa shape index (κ1) is 15.9. The number of nitrogens with two attached hydrogens (primary N) is 1. The molecular weight excluding hydrogens is 296 g/mol. The highest BCUT2D eigenvalue weighted by molar-refractivity contribution is 8.01. The molecule has 2 N–H and O–H groups in total. The average Bonchev–Trinajstić information content (AvgIpc) is 2.85. The minimum atomic E-state index is 0.807. The predicted octanol–water partition coefficient (Wildman–Crippen LogP) is 5.67. The molecule has 0 bridgehead atoms. The topological polar surface area (TPSA) is 38.9 Å². The largest absolute Gasteiger partial charge is 0.399 e. The van der Waals surface area contributed by atoms with E-state index in [1.807, 2.05) is 26.0 Å². The van der Waals surface area contributed by atoms with Crippen molar-refractivity contribution >= 4 is 39.0 Å². The van der Waals surface area contributed by atoms with Crippen LogP contribution in [0, 0.1) is 13.8 Å². The Balaban J connectivity index is 0.000000774. The van der Waals surface area contributed by atoms with Gasteiger partial charge in [0, 0.05) is 10.6 Å². The molecule has 0 aliphatic heterocycles. The zero-order valence-corrected chi connectivity index (χ0v) is 14.4. The third kappa shape index (κ3) is 3.77. The first-order valence-electron chi connectivity index (χ1n) is 7.03. The van der Waals surface area contributed by atoms with Crippen LogP contribution in [0.15, 0.2) is 45.6 Å². The van der Waals surface area contributed by atoms with Crippen LogP contribution < -0.4 is 5.73 Å². The molecule has 0 amide bonds. The van der Waals surface area contributed by atoms with Gasteiger partial charge in [-0.05, 0) is 55.3 Å². The molecule has 1 heterocycles. The zero-order chi connectivity index (χ0) is 15.4. The number of anilines is 1. The molecule has 2 nitrogen and oxygen atoms in total. The average molecular weight is 316 g/mol. The van der Waals surface area contributed by atoms with Gasteiger partial charge in [0.05, 0.1) is 10.2 Å². The molecule has 0 aliphatic rings. The molecule has 0 unspecified atom stereocenters. The van der Waals surface area contributed by atoms with E-state index in [0.29, 0.717) is 0 Å². The summed E-state index contributed by atoms with van der Waals surface area (Å²) < 4.78 is 2.31. The molecule has 0 saturated heterocycles. The number of aromatic nitrogens is 1. The Morgan fingerprint density at radius 3 is 2.52 bits per heavy atom. The molecule has 0 spiro atoms. The van der Waals surface area contributed by atoms with Crippen molar-refractivity contribution in [3.63, 3.8) is 0 Å². The number of thiazole rings is 1. The van der Waals surface area contributed by atoms with Crippen LogP contribution in [0.5, 0.6) is 0 Å². The number of nitrogens with zero attached hydrogens (tertiary/aromatic N) is 1. The van der Waals surface area contributed by atoms with Gasteiger partial charge in [0.1, 0.15) is 0 Å². The predicted molar refractivity (Wildman–Crippen MR) is 95.4 cm³/mol. The van der Waals surface area contributed by atoms with Crippen LogP contribution in [-0.4, -0.2) is 4.98 Å². The molecule has 21 heavy (non-hydrogen) atoms.